The van der Waals surface area contributed by atoms with Gasteiger partial charge in [-0.2, -0.15) is 4.98 Å². The molecule has 3 aliphatic heterocycles. The summed E-state index contributed by atoms with van der Waals surface area (Å²) in [5.74, 6) is 0.939. The van der Waals surface area contributed by atoms with Gasteiger partial charge in [0.1, 0.15) is 11.6 Å². The van der Waals surface area contributed by atoms with Crippen LogP contribution in [0.1, 0.15) is 24.4 Å². The van der Waals surface area contributed by atoms with Crippen molar-refractivity contribution < 1.29 is 9.13 Å². The van der Waals surface area contributed by atoms with Crippen molar-refractivity contribution in [3.63, 3.8) is 0 Å². The van der Waals surface area contributed by atoms with Crippen LogP contribution < -0.4 is 31.5 Å². The number of allylic oxidation sites excluding steroid dienone is 1. The van der Waals surface area contributed by atoms with Crippen molar-refractivity contribution in [3.05, 3.63) is 50.7 Å². The summed E-state index contributed by atoms with van der Waals surface area (Å²) >= 11 is 2.76. The van der Waals surface area contributed by atoms with Crippen LogP contribution in [-0.4, -0.2) is 59.2 Å². The lowest BCUT2D eigenvalue weighted by molar-refractivity contribution is 0.163. The minimum Gasteiger partial charge on any atom is -0.383 e. The van der Waals surface area contributed by atoms with Gasteiger partial charge in [0.15, 0.2) is 5.13 Å². The lowest BCUT2D eigenvalue weighted by Gasteiger charge is -2.35. The Morgan fingerprint density at radius 1 is 1.33 bits per heavy atom. The van der Waals surface area contributed by atoms with Gasteiger partial charge in [0.05, 0.1) is 28.0 Å². The SMILES string of the molecule is C=C/C(F)=c1/sc(N)n/c1=C\c1ccc2c(N3CC4CCC(C3)N4)nc(=O)n3c2c1SCC3COC. The van der Waals surface area contributed by atoms with Crippen LogP contribution in [0.15, 0.2) is 34.5 Å². The summed E-state index contributed by atoms with van der Waals surface area (Å²) in [6, 6.07) is 4.73. The third-order valence-corrected chi connectivity index (χ3v) is 9.25. The van der Waals surface area contributed by atoms with Gasteiger partial charge in [-0.1, -0.05) is 24.0 Å². The topological polar surface area (TPSA) is 98.3 Å². The minimum absolute atomic E-state index is 0.129. The van der Waals surface area contributed by atoms with Gasteiger partial charge < -0.3 is 20.7 Å². The average molecular weight is 527 g/mol. The molecule has 1 aromatic carbocycles. The second kappa shape index (κ2) is 9.29. The third-order valence-electron chi connectivity index (χ3n) is 7.07. The van der Waals surface area contributed by atoms with Gasteiger partial charge >= 0.3 is 5.69 Å². The van der Waals surface area contributed by atoms with Crippen molar-refractivity contribution in [1.29, 1.82) is 0 Å². The van der Waals surface area contributed by atoms with Crippen molar-refractivity contribution in [1.82, 2.24) is 19.9 Å². The summed E-state index contributed by atoms with van der Waals surface area (Å²) in [6.07, 6.45) is 5.28. The first kappa shape index (κ1) is 23.7. The molecule has 3 unspecified atom stereocenters. The molecule has 0 spiro atoms. The molecule has 2 fully saturated rings. The molecule has 0 saturated carbocycles. The first-order valence-electron chi connectivity index (χ1n) is 11.9. The highest BCUT2D eigenvalue weighted by atomic mass is 32.2. The zero-order valence-electron chi connectivity index (χ0n) is 19.9. The van der Waals surface area contributed by atoms with Crippen molar-refractivity contribution >= 4 is 56.9 Å². The maximum atomic E-state index is 14.5. The van der Waals surface area contributed by atoms with Gasteiger partial charge in [-0.25, -0.2) is 14.2 Å². The molecule has 3 aromatic rings. The predicted molar refractivity (Wildman–Crippen MR) is 144 cm³/mol. The zero-order chi connectivity index (χ0) is 25.0. The van der Waals surface area contributed by atoms with E-state index in [4.69, 9.17) is 10.5 Å². The molecule has 36 heavy (non-hydrogen) atoms. The number of ether oxygens (including phenoxy) is 1. The molecular weight excluding hydrogens is 499 g/mol. The van der Waals surface area contributed by atoms with Crippen LogP contribution in [0, 0.1) is 0 Å². The summed E-state index contributed by atoms with van der Waals surface area (Å²) in [7, 11) is 1.64. The molecule has 3 atom stereocenters. The van der Waals surface area contributed by atoms with Crippen molar-refractivity contribution in [2.45, 2.75) is 35.9 Å². The van der Waals surface area contributed by atoms with E-state index in [9.17, 15) is 9.18 Å². The fraction of sp³-hybridized carbons (Fsp3) is 0.400. The fourth-order valence-electron chi connectivity index (χ4n) is 5.55. The highest BCUT2D eigenvalue weighted by Gasteiger charge is 2.35. The van der Waals surface area contributed by atoms with Gasteiger partial charge in [-0.3, -0.25) is 4.57 Å². The molecule has 2 aromatic heterocycles. The summed E-state index contributed by atoms with van der Waals surface area (Å²) < 4.78 is 22.0. The van der Waals surface area contributed by atoms with Crippen LogP contribution in [-0.2, 0) is 4.74 Å². The number of benzene rings is 1. The van der Waals surface area contributed by atoms with Crippen LogP contribution in [0.5, 0.6) is 0 Å². The van der Waals surface area contributed by atoms with Crippen LogP contribution in [0.3, 0.4) is 0 Å². The van der Waals surface area contributed by atoms with Crippen molar-refractivity contribution in [2.24, 2.45) is 0 Å². The van der Waals surface area contributed by atoms with Gasteiger partial charge in [0.25, 0.3) is 0 Å². The van der Waals surface area contributed by atoms with Crippen molar-refractivity contribution in [3.8, 4) is 0 Å². The van der Waals surface area contributed by atoms with Gasteiger partial charge in [-0.05, 0) is 36.6 Å². The Balaban J connectivity index is 1.60. The largest absolute Gasteiger partial charge is 0.383 e. The molecule has 3 N–H and O–H groups in total. The first-order chi connectivity index (χ1) is 17.5. The normalized spacial score (nSPS) is 24.4. The van der Waals surface area contributed by atoms with E-state index in [0.717, 1.165) is 70.5 Å². The van der Waals surface area contributed by atoms with E-state index in [1.165, 1.54) is 0 Å². The number of nitrogens with zero attached hydrogens (tertiary/aromatic N) is 4. The standard InChI is InChI=1S/C25H27FN6O2S2/c1-3-18(26)22-19(29-24(27)36-22)8-13-4-7-17-20-21(13)35-12-16(11-34-2)32(20)25(33)30-23(17)31-9-14-5-6-15(10-31)28-14/h3-4,7-8,14-16,28H,1,5-6,9-12H2,2H3,(H2,27,29)/b19-8-,22-18-. The predicted octanol–water partition coefficient (Wildman–Crippen LogP) is 1.76. The van der Waals surface area contributed by atoms with Crippen LogP contribution >= 0.6 is 23.1 Å². The molecule has 11 heteroatoms. The molecule has 3 aliphatic rings. The fourth-order valence-corrected chi connectivity index (χ4v) is 7.54. The molecule has 0 radical (unpaired) electrons. The maximum Gasteiger partial charge on any atom is 0.350 e. The number of fused-ring (bicyclic) bond motifs is 2. The molecule has 2 bridgehead atoms. The summed E-state index contributed by atoms with van der Waals surface area (Å²) in [5, 5.41) is 5.32. The van der Waals surface area contributed by atoms with Crippen LogP contribution in [0.4, 0.5) is 15.3 Å². The molecule has 188 valence electrons. The van der Waals surface area contributed by atoms with E-state index < -0.39 is 5.83 Å². The number of methoxy groups -OCH3 is 1. The molecule has 0 amide bonds. The molecule has 5 heterocycles. The van der Waals surface area contributed by atoms with Crippen molar-refractivity contribution in [2.75, 3.05) is 43.2 Å². The Morgan fingerprint density at radius 2 is 2.11 bits per heavy atom. The second-order valence-corrected chi connectivity index (χ2v) is 11.5. The summed E-state index contributed by atoms with van der Waals surface area (Å²) in [4.78, 5) is 25.6. The number of thiazole rings is 1. The highest BCUT2D eigenvalue weighted by molar-refractivity contribution is 7.99. The Morgan fingerprint density at radius 3 is 2.83 bits per heavy atom. The number of thioether (sulfide) groups is 1. The average Bonchev–Trinajstić information content (AvgIpc) is 3.42. The number of anilines is 2. The quantitative estimate of drug-likeness (QED) is 0.519. The Hall–Kier alpha value is -2.73. The number of hydrogen-bond donors (Lipinski definition) is 2. The van der Waals surface area contributed by atoms with E-state index in [2.05, 4.69) is 26.8 Å². The second-order valence-electron chi connectivity index (χ2n) is 9.39. The van der Waals surface area contributed by atoms with E-state index in [-0.39, 0.29) is 16.9 Å². The Bertz CT molecular complexity index is 1540. The Labute approximate surface area is 215 Å². The number of nitrogens with two attached hydrogens (primary N) is 1. The number of nitrogen functional groups attached to an aromatic ring is 1. The first-order valence-corrected chi connectivity index (χ1v) is 13.7. The number of nitrogens with one attached hydrogen (secondary N) is 1. The number of rotatable bonds is 5. The minimum atomic E-state index is -0.463. The number of piperazine rings is 1. The summed E-state index contributed by atoms with van der Waals surface area (Å²) in [5.41, 5.74) is 7.35. The van der Waals surface area contributed by atoms with Gasteiger partial charge in [0.2, 0.25) is 0 Å². The molecule has 2 saturated heterocycles. The number of halogens is 1. The van der Waals surface area contributed by atoms with Crippen LogP contribution in [0.2, 0.25) is 0 Å². The van der Waals surface area contributed by atoms with Gasteiger partial charge in [0, 0.05) is 48.3 Å². The smallest absolute Gasteiger partial charge is 0.350 e. The molecule has 8 nitrogen and oxygen atoms in total. The Kier molecular flexibility index (Phi) is 6.11. The van der Waals surface area contributed by atoms with Gasteiger partial charge in [-0.15, -0.1) is 11.8 Å². The lowest BCUT2D eigenvalue weighted by Crippen LogP contribution is -2.52. The van der Waals surface area contributed by atoms with Crippen LogP contribution in [0.25, 0.3) is 22.8 Å². The molecular formula is C25H27FN6O2S2. The van der Waals surface area contributed by atoms with E-state index in [0.29, 0.717) is 34.3 Å². The number of aromatic nitrogens is 3. The van der Waals surface area contributed by atoms with E-state index in [1.807, 2.05) is 18.2 Å². The third kappa shape index (κ3) is 3.94. The maximum absolute atomic E-state index is 14.5. The highest BCUT2D eigenvalue weighted by Crippen LogP contribution is 2.41. The molecule has 6 rings (SSSR count). The zero-order valence-corrected chi connectivity index (χ0v) is 21.5. The number of hydrogen-bond acceptors (Lipinski definition) is 9. The summed E-state index contributed by atoms with van der Waals surface area (Å²) in [6.45, 7) is 5.62. The monoisotopic (exact) mass is 526 g/mol. The van der Waals surface area contributed by atoms with E-state index in [1.54, 1.807) is 23.4 Å². The lowest BCUT2D eigenvalue weighted by atomic mass is 10.1. The molecule has 0 aliphatic carbocycles. The van der Waals surface area contributed by atoms with E-state index >= 15 is 0 Å².